The minimum Gasteiger partial charge on any atom is -0.121 e. The van der Waals surface area contributed by atoms with Gasteiger partial charge in [0.15, 0.2) is 0 Å². The fraction of sp³-hybridized carbons (Fsp3) is 0.455. The third-order valence-corrected chi connectivity index (χ3v) is 3.30. The summed E-state index contributed by atoms with van der Waals surface area (Å²) >= 11 is 2.57. The van der Waals surface area contributed by atoms with E-state index in [1.807, 2.05) is 0 Å². The molecule has 0 aliphatic rings. The van der Waals surface area contributed by atoms with Crippen LogP contribution in [0.4, 0.5) is 0 Å². The highest BCUT2D eigenvalue weighted by Gasteiger charge is 1.80. The largest absolute Gasteiger partial charge is 0.258 e. The smallest absolute Gasteiger partial charge is 0.121 e. The van der Waals surface area contributed by atoms with Crippen LogP contribution in [0, 0.1) is 6.92 Å². The number of hydrogen-bond acceptors (Lipinski definition) is 0. The van der Waals surface area contributed by atoms with Crippen molar-refractivity contribution in [3.8, 4) is 0 Å². The maximum atomic E-state index is 2.23. The number of hydrogen-bond donors (Lipinski definition) is 0. The van der Waals surface area contributed by atoms with Gasteiger partial charge in [0.2, 0.25) is 16.3 Å². The topological polar surface area (TPSA) is 0 Å². The normalized spacial score (nSPS) is 8.77. The molecule has 13 heavy (non-hydrogen) atoms. The van der Waals surface area contributed by atoms with E-state index in [-0.39, 0.29) is 1.43 Å². The van der Waals surface area contributed by atoms with Gasteiger partial charge in [0, 0.05) is 1.43 Å². The molecule has 2 heteroatoms. The van der Waals surface area contributed by atoms with Gasteiger partial charge < -0.3 is 0 Å². The first kappa shape index (κ1) is 13.3. The van der Waals surface area contributed by atoms with Crippen LogP contribution in [0.3, 0.4) is 0 Å². The molecule has 0 nitrogen and oxygen atoms in total. The highest BCUT2D eigenvalue weighted by molar-refractivity contribution is 6.32. The van der Waals surface area contributed by atoms with Crippen LogP contribution in [0.25, 0.3) is 0 Å². The summed E-state index contributed by atoms with van der Waals surface area (Å²) in [6.45, 7) is 4.35. The van der Waals surface area contributed by atoms with Crippen LogP contribution in [-0.2, 0) is 0 Å². The maximum Gasteiger partial charge on any atom is 0.258 e. The molecule has 0 bridgehead atoms. The molecule has 0 aromatic heterocycles. The van der Waals surface area contributed by atoms with Crippen LogP contribution >= 0.6 is 0 Å². The van der Waals surface area contributed by atoms with Crippen molar-refractivity contribution in [2.45, 2.75) is 32.0 Å². The molecule has 0 spiro atoms. The summed E-state index contributed by atoms with van der Waals surface area (Å²) in [5.41, 5.74) is 1.35. The van der Waals surface area contributed by atoms with Gasteiger partial charge in [-0.1, -0.05) is 49.6 Å². The standard InChI is InChI=1S/C7H7.C4H9.2Al.H2.4H/c1-7-5-3-2-4-6-7;1-3-4-2;;;;;;;/h3-6H,1H3;1,3-4H2,2H3;;;1H;;;;. The Morgan fingerprint density at radius 1 is 1.23 bits per heavy atom. The fourth-order valence-corrected chi connectivity index (χ4v) is 2.03. The van der Waals surface area contributed by atoms with Crippen molar-refractivity contribution in [2.24, 2.45) is 0 Å². The molecule has 0 fully saturated rings. The van der Waals surface area contributed by atoms with Crippen molar-refractivity contribution in [3.05, 3.63) is 29.8 Å². The third kappa shape index (κ3) is 8.61. The predicted molar refractivity (Wildman–Crippen MR) is 69.7 cm³/mol. The number of benzene rings is 1. The molecule has 0 saturated carbocycles. The second-order valence-electron chi connectivity index (χ2n) is 3.51. The SMILES string of the molecule is CCC[CH2][AlH2].Cc1cc[c]([AlH2])cc1.[HH]. The van der Waals surface area contributed by atoms with Gasteiger partial charge in [-0.05, 0) is 6.92 Å². The molecule has 0 N–H and O–H groups in total. The summed E-state index contributed by atoms with van der Waals surface area (Å²) in [4.78, 5) is 0. The summed E-state index contributed by atoms with van der Waals surface area (Å²) in [5.74, 6) is 0. The van der Waals surface area contributed by atoms with Crippen LogP contribution in [0.15, 0.2) is 24.3 Å². The van der Waals surface area contributed by atoms with Crippen LogP contribution in [-0.4, -0.2) is 32.6 Å². The first-order valence-electron chi connectivity index (χ1n) is 5.24. The average Bonchev–Trinajstić information content (AvgIpc) is 2.13. The van der Waals surface area contributed by atoms with Crippen LogP contribution in [0.2, 0.25) is 5.28 Å². The summed E-state index contributed by atoms with van der Waals surface area (Å²) in [6, 6.07) is 8.67. The van der Waals surface area contributed by atoms with Crippen LogP contribution in [0.1, 0.15) is 26.8 Å². The molecular weight excluding hydrogens is 186 g/mol. The fourth-order valence-electron chi connectivity index (χ4n) is 0.990. The monoisotopic (exact) mass is 208 g/mol. The summed E-state index contributed by atoms with van der Waals surface area (Å²) in [5, 5.41) is 1.48. The zero-order valence-electron chi connectivity index (χ0n) is 9.43. The Hall–Kier alpha value is 0.285. The second kappa shape index (κ2) is 8.86. The molecule has 0 saturated heterocycles. The number of aryl methyl sites for hydroxylation is 1. The van der Waals surface area contributed by atoms with E-state index in [0.717, 1.165) is 0 Å². The van der Waals surface area contributed by atoms with Crippen molar-refractivity contribution >= 4 is 37.0 Å². The van der Waals surface area contributed by atoms with E-state index >= 15 is 0 Å². The molecule has 0 radical (unpaired) electrons. The van der Waals surface area contributed by atoms with Crippen molar-refractivity contribution in [2.75, 3.05) is 0 Å². The highest BCUT2D eigenvalue weighted by atomic mass is 27.1. The molecule has 1 aromatic rings. The lowest BCUT2D eigenvalue weighted by Gasteiger charge is -1.90. The maximum absolute atomic E-state index is 2.23. The molecule has 72 valence electrons. The van der Waals surface area contributed by atoms with Gasteiger partial charge in [0.1, 0.15) is 0 Å². The second-order valence-corrected chi connectivity index (χ2v) is 5.66. The number of unbranched alkanes of at least 4 members (excludes halogenated alkanes) is 1. The van der Waals surface area contributed by atoms with Gasteiger partial charge in [0.05, 0.1) is 0 Å². The molecule has 1 rings (SSSR count). The first-order valence-corrected chi connectivity index (χ1v) is 7.65. The minimum absolute atomic E-state index is 0. The van der Waals surface area contributed by atoms with E-state index in [4.69, 9.17) is 0 Å². The van der Waals surface area contributed by atoms with Gasteiger partial charge in [-0.15, -0.1) is 9.71 Å². The summed E-state index contributed by atoms with van der Waals surface area (Å²) in [6.07, 6.45) is 2.83. The Morgan fingerprint density at radius 3 is 2.00 bits per heavy atom. The lowest BCUT2D eigenvalue weighted by atomic mass is 10.2. The average molecular weight is 208 g/mol. The van der Waals surface area contributed by atoms with Gasteiger partial charge in [-0.2, -0.15) is 0 Å². The van der Waals surface area contributed by atoms with E-state index in [1.165, 1.54) is 60.7 Å². The van der Waals surface area contributed by atoms with Crippen molar-refractivity contribution in [3.63, 3.8) is 0 Å². The Labute approximate surface area is 100 Å². The quantitative estimate of drug-likeness (QED) is 0.643. The van der Waals surface area contributed by atoms with Crippen molar-refractivity contribution in [1.29, 1.82) is 0 Å². The van der Waals surface area contributed by atoms with Gasteiger partial charge in [0.25, 0.3) is 16.3 Å². The van der Waals surface area contributed by atoms with E-state index in [1.54, 1.807) is 0 Å². The van der Waals surface area contributed by atoms with Crippen LogP contribution < -0.4 is 4.43 Å². The Morgan fingerprint density at radius 2 is 1.77 bits per heavy atom. The zero-order chi connectivity index (χ0) is 10.1. The lowest BCUT2D eigenvalue weighted by Crippen LogP contribution is -1.98. The molecule has 0 aliphatic carbocycles. The Balaban J connectivity index is 0. The molecule has 0 unspecified atom stereocenters. The van der Waals surface area contributed by atoms with Gasteiger partial charge >= 0.3 is 0 Å². The Kier molecular flexibility index (Phi) is 9.06. The minimum atomic E-state index is 0. The zero-order valence-corrected chi connectivity index (χ0v) is 13.4. The molecule has 1 aromatic carbocycles. The third-order valence-electron chi connectivity index (χ3n) is 1.93. The van der Waals surface area contributed by atoms with Crippen LogP contribution in [0.5, 0.6) is 0 Å². The molecule has 0 amide bonds. The molecule has 0 aliphatic heterocycles. The van der Waals surface area contributed by atoms with Gasteiger partial charge in [-0.25, -0.2) is 0 Å². The highest BCUT2D eigenvalue weighted by Crippen LogP contribution is 1.90. The molecule has 0 heterocycles. The van der Waals surface area contributed by atoms with Crippen molar-refractivity contribution in [1.82, 2.24) is 0 Å². The molecule has 0 atom stereocenters. The predicted octanol–water partition coefficient (Wildman–Crippen LogP) is 1.34. The molecular formula is C11H22Al2. The first-order chi connectivity index (χ1) is 6.20. The van der Waals surface area contributed by atoms with E-state index in [9.17, 15) is 0 Å². The number of rotatable bonds is 2. The Bertz CT molecular complexity index is 186. The van der Waals surface area contributed by atoms with Gasteiger partial charge in [-0.3, -0.25) is 0 Å². The summed E-state index contributed by atoms with van der Waals surface area (Å²) in [7, 11) is 0. The summed E-state index contributed by atoms with van der Waals surface area (Å²) < 4.78 is 1.47. The van der Waals surface area contributed by atoms with E-state index in [2.05, 4.69) is 38.1 Å². The van der Waals surface area contributed by atoms with E-state index < -0.39 is 0 Å². The lowest BCUT2D eigenvalue weighted by molar-refractivity contribution is 0.884. The van der Waals surface area contributed by atoms with Crippen molar-refractivity contribution < 1.29 is 1.43 Å². The van der Waals surface area contributed by atoms with E-state index in [0.29, 0.717) is 0 Å².